The maximum Gasteiger partial charge on any atom is 0.157 e. The van der Waals surface area contributed by atoms with Crippen LogP contribution in [0, 0.1) is 0 Å². The number of methoxy groups -OCH3 is 1. The van der Waals surface area contributed by atoms with Gasteiger partial charge in [-0.15, -0.1) is 0 Å². The minimum absolute atomic E-state index is 0.0549. The van der Waals surface area contributed by atoms with E-state index in [0.717, 1.165) is 42.6 Å². The van der Waals surface area contributed by atoms with E-state index in [1.165, 1.54) is 0 Å². The van der Waals surface area contributed by atoms with Gasteiger partial charge in [0.15, 0.2) is 5.82 Å². The number of ether oxygens (including phenoxy) is 2. The molecule has 1 aromatic heterocycles. The summed E-state index contributed by atoms with van der Waals surface area (Å²) in [5.74, 6) is 2.81. The van der Waals surface area contributed by atoms with Gasteiger partial charge in [-0.1, -0.05) is 0 Å². The summed E-state index contributed by atoms with van der Waals surface area (Å²) < 4.78 is 10.6. The molecular formula is C12H19N3O2S. The van der Waals surface area contributed by atoms with Crippen LogP contribution >= 0.6 is 11.8 Å². The summed E-state index contributed by atoms with van der Waals surface area (Å²) in [5.41, 5.74) is 1.08. The zero-order valence-corrected chi connectivity index (χ0v) is 11.4. The van der Waals surface area contributed by atoms with E-state index >= 15 is 0 Å². The van der Waals surface area contributed by atoms with Gasteiger partial charge in [0.1, 0.15) is 6.10 Å². The lowest BCUT2D eigenvalue weighted by atomic mass is 10.3. The monoisotopic (exact) mass is 269 g/mol. The van der Waals surface area contributed by atoms with Crippen molar-refractivity contribution in [1.29, 1.82) is 0 Å². The zero-order chi connectivity index (χ0) is 12.6. The van der Waals surface area contributed by atoms with Crippen molar-refractivity contribution in [1.82, 2.24) is 15.3 Å². The molecule has 0 bridgehead atoms. The van der Waals surface area contributed by atoms with Gasteiger partial charge in [0.05, 0.1) is 13.2 Å². The fourth-order valence-electron chi connectivity index (χ4n) is 1.67. The minimum atomic E-state index is 0.0549. The van der Waals surface area contributed by atoms with Crippen molar-refractivity contribution in [3.05, 3.63) is 23.8 Å². The molecule has 1 atom stereocenters. The molecule has 1 unspecified atom stereocenters. The first-order valence-electron chi connectivity index (χ1n) is 6.10. The van der Waals surface area contributed by atoms with E-state index in [0.29, 0.717) is 6.61 Å². The molecule has 1 aliphatic heterocycles. The fraction of sp³-hybridized carbons (Fsp3) is 0.667. The summed E-state index contributed by atoms with van der Waals surface area (Å²) in [4.78, 5) is 8.76. The van der Waals surface area contributed by atoms with Crippen LogP contribution in [0.15, 0.2) is 12.4 Å². The Morgan fingerprint density at radius 2 is 2.33 bits per heavy atom. The largest absolute Gasteiger partial charge is 0.383 e. The average Bonchev–Trinajstić information content (AvgIpc) is 2.45. The van der Waals surface area contributed by atoms with E-state index in [2.05, 4.69) is 15.3 Å². The second kappa shape index (κ2) is 7.68. The van der Waals surface area contributed by atoms with Crippen LogP contribution in [0.25, 0.3) is 0 Å². The Morgan fingerprint density at radius 3 is 3.00 bits per heavy atom. The highest BCUT2D eigenvalue weighted by atomic mass is 32.2. The molecule has 0 aliphatic carbocycles. The SMILES string of the molecule is COCCNCc1cnc(C2CSCCO2)nc1. The van der Waals surface area contributed by atoms with Gasteiger partial charge in [-0.3, -0.25) is 0 Å². The molecule has 0 spiro atoms. The van der Waals surface area contributed by atoms with Gasteiger partial charge in [-0.25, -0.2) is 9.97 Å². The Labute approximate surface area is 112 Å². The van der Waals surface area contributed by atoms with E-state index in [4.69, 9.17) is 9.47 Å². The molecule has 1 saturated heterocycles. The standard InChI is InChI=1S/C12H19N3O2S/c1-16-3-2-13-6-10-7-14-12(15-8-10)11-9-18-5-4-17-11/h7-8,11,13H,2-6,9H2,1H3. The van der Waals surface area contributed by atoms with Crippen molar-refractivity contribution < 1.29 is 9.47 Å². The van der Waals surface area contributed by atoms with Gasteiger partial charge in [0.25, 0.3) is 0 Å². The number of hydrogen-bond acceptors (Lipinski definition) is 6. The van der Waals surface area contributed by atoms with Crippen LogP contribution in [0.4, 0.5) is 0 Å². The number of hydrogen-bond donors (Lipinski definition) is 1. The van der Waals surface area contributed by atoms with Crippen LogP contribution in [0.5, 0.6) is 0 Å². The number of nitrogens with zero attached hydrogens (tertiary/aromatic N) is 2. The molecule has 1 N–H and O–H groups in total. The van der Waals surface area contributed by atoms with E-state index in [1.807, 2.05) is 24.2 Å². The topological polar surface area (TPSA) is 56.3 Å². The Bertz CT molecular complexity index is 342. The van der Waals surface area contributed by atoms with Crippen molar-refractivity contribution in [2.24, 2.45) is 0 Å². The molecule has 2 heterocycles. The molecule has 1 aromatic rings. The molecule has 0 saturated carbocycles. The molecule has 100 valence electrons. The summed E-state index contributed by atoms with van der Waals surface area (Å²) in [7, 11) is 1.70. The van der Waals surface area contributed by atoms with Crippen molar-refractivity contribution >= 4 is 11.8 Å². The van der Waals surface area contributed by atoms with Crippen molar-refractivity contribution in [3.63, 3.8) is 0 Å². The maximum absolute atomic E-state index is 5.64. The lowest BCUT2D eigenvalue weighted by molar-refractivity contribution is 0.0694. The van der Waals surface area contributed by atoms with Crippen molar-refractivity contribution in [3.8, 4) is 0 Å². The number of aromatic nitrogens is 2. The summed E-state index contributed by atoms with van der Waals surface area (Å²) in [5, 5.41) is 3.26. The second-order valence-electron chi connectivity index (χ2n) is 4.05. The molecule has 0 radical (unpaired) electrons. The summed E-state index contributed by atoms with van der Waals surface area (Å²) in [6.45, 7) is 3.11. The fourth-order valence-corrected chi connectivity index (χ4v) is 2.51. The van der Waals surface area contributed by atoms with Gasteiger partial charge in [-0.05, 0) is 0 Å². The van der Waals surface area contributed by atoms with Crippen LogP contribution in [0.2, 0.25) is 0 Å². The van der Waals surface area contributed by atoms with Crippen molar-refractivity contribution in [2.75, 3.05) is 38.4 Å². The molecule has 0 amide bonds. The third-order valence-corrected chi connectivity index (χ3v) is 3.64. The van der Waals surface area contributed by atoms with Crippen LogP contribution in [0.3, 0.4) is 0 Å². The molecule has 18 heavy (non-hydrogen) atoms. The van der Waals surface area contributed by atoms with Crippen LogP contribution in [-0.2, 0) is 16.0 Å². The van der Waals surface area contributed by atoms with Crippen LogP contribution in [0.1, 0.15) is 17.5 Å². The van der Waals surface area contributed by atoms with Crippen molar-refractivity contribution in [2.45, 2.75) is 12.6 Å². The van der Waals surface area contributed by atoms with Crippen LogP contribution < -0.4 is 5.32 Å². The highest BCUT2D eigenvalue weighted by Crippen LogP contribution is 2.23. The number of rotatable bonds is 6. The lowest BCUT2D eigenvalue weighted by Gasteiger charge is -2.20. The smallest absolute Gasteiger partial charge is 0.157 e. The Balaban J connectivity index is 1.81. The third-order valence-electron chi connectivity index (χ3n) is 2.64. The first-order valence-corrected chi connectivity index (χ1v) is 7.25. The molecular weight excluding hydrogens is 250 g/mol. The van der Waals surface area contributed by atoms with E-state index in [1.54, 1.807) is 7.11 Å². The van der Waals surface area contributed by atoms with Gasteiger partial charge in [-0.2, -0.15) is 11.8 Å². The molecule has 0 aromatic carbocycles. The lowest BCUT2D eigenvalue weighted by Crippen LogP contribution is -2.20. The third kappa shape index (κ3) is 4.20. The normalized spacial score (nSPS) is 19.9. The summed E-state index contributed by atoms with van der Waals surface area (Å²) in [6, 6.07) is 0. The predicted octanol–water partition coefficient (Wildman–Crippen LogP) is 1.02. The quantitative estimate of drug-likeness (QED) is 0.778. The van der Waals surface area contributed by atoms with Gasteiger partial charge >= 0.3 is 0 Å². The zero-order valence-electron chi connectivity index (χ0n) is 10.6. The van der Waals surface area contributed by atoms with Crippen LogP contribution in [-0.4, -0.2) is 48.3 Å². The Hall–Kier alpha value is -0.690. The Morgan fingerprint density at radius 1 is 1.50 bits per heavy atom. The maximum atomic E-state index is 5.64. The second-order valence-corrected chi connectivity index (χ2v) is 5.20. The first-order chi connectivity index (χ1) is 8.90. The number of nitrogens with one attached hydrogen (secondary N) is 1. The van der Waals surface area contributed by atoms with Gasteiger partial charge in [0, 0.05) is 49.7 Å². The molecule has 1 aliphatic rings. The number of thioether (sulfide) groups is 1. The first kappa shape index (κ1) is 13.7. The van der Waals surface area contributed by atoms with E-state index in [-0.39, 0.29) is 6.10 Å². The molecule has 2 rings (SSSR count). The molecule has 5 nitrogen and oxygen atoms in total. The molecule has 1 fully saturated rings. The van der Waals surface area contributed by atoms with Gasteiger partial charge < -0.3 is 14.8 Å². The highest BCUT2D eigenvalue weighted by Gasteiger charge is 2.18. The molecule has 6 heteroatoms. The van der Waals surface area contributed by atoms with E-state index in [9.17, 15) is 0 Å². The van der Waals surface area contributed by atoms with E-state index < -0.39 is 0 Å². The predicted molar refractivity (Wildman–Crippen MR) is 71.6 cm³/mol. The van der Waals surface area contributed by atoms with Gasteiger partial charge in [0.2, 0.25) is 0 Å². The Kier molecular flexibility index (Phi) is 5.86. The highest BCUT2D eigenvalue weighted by molar-refractivity contribution is 7.99. The minimum Gasteiger partial charge on any atom is -0.383 e. The average molecular weight is 269 g/mol. The summed E-state index contributed by atoms with van der Waals surface area (Å²) in [6.07, 6.45) is 3.79. The summed E-state index contributed by atoms with van der Waals surface area (Å²) >= 11 is 1.89.